The van der Waals surface area contributed by atoms with Gasteiger partial charge < -0.3 is 4.90 Å². The van der Waals surface area contributed by atoms with Gasteiger partial charge in [0.1, 0.15) is 10.2 Å². The molecule has 3 rings (SSSR count). The summed E-state index contributed by atoms with van der Waals surface area (Å²) in [6.07, 6.45) is 3.53. The van der Waals surface area contributed by atoms with Crippen molar-refractivity contribution in [1.82, 2.24) is 4.98 Å². The van der Waals surface area contributed by atoms with Crippen molar-refractivity contribution < 1.29 is 4.92 Å². The Kier molecular flexibility index (Phi) is 3.28. The van der Waals surface area contributed by atoms with Crippen molar-refractivity contribution in [3.63, 3.8) is 0 Å². The summed E-state index contributed by atoms with van der Waals surface area (Å²) in [6.45, 7) is 1.93. The Labute approximate surface area is 119 Å². The zero-order valence-electron chi connectivity index (χ0n) is 10.1. The fraction of sp³-hybridized carbons (Fsp3) is 0.417. The van der Waals surface area contributed by atoms with Gasteiger partial charge in [-0.2, -0.15) is 0 Å². The smallest absolute Gasteiger partial charge is 0.288 e. The fourth-order valence-corrected chi connectivity index (χ4v) is 3.70. The number of anilines is 1. The van der Waals surface area contributed by atoms with Crippen LogP contribution in [0.5, 0.6) is 0 Å². The van der Waals surface area contributed by atoms with Gasteiger partial charge in [-0.25, -0.2) is 4.98 Å². The quantitative estimate of drug-likeness (QED) is 0.624. The van der Waals surface area contributed by atoms with Crippen LogP contribution in [0.25, 0.3) is 10.2 Å². The second-order valence-electron chi connectivity index (χ2n) is 4.55. The van der Waals surface area contributed by atoms with Crippen LogP contribution < -0.4 is 4.90 Å². The van der Waals surface area contributed by atoms with E-state index in [9.17, 15) is 10.1 Å². The molecule has 1 saturated heterocycles. The predicted octanol–water partition coefficient (Wildman–Crippen LogP) is 3.85. The van der Waals surface area contributed by atoms with Crippen LogP contribution in [0.4, 0.5) is 10.8 Å². The molecule has 19 heavy (non-hydrogen) atoms. The first kappa shape index (κ1) is 12.6. The van der Waals surface area contributed by atoms with Gasteiger partial charge in [0.25, 0.3) is 5.69 Å². The lowest BCUT2D eigenvalue weighted by atomic mass is 10.1. The van der Waals surface area contributed by atoms with Crippen molar-refractivity contribution in [3.8, 4) is 0 Å². The summed E-state index contributed by atoms with van der Waals surface area (Å²) >= 11 is 7.45. The number of hydrogen-bond acceptors (Lipinski definition) is 5. The predicted molar refractivity (Wildman–Crippen MR) is 77.3 cm³/mol. The molecule has 0 spiro atoms. The van der Waals surface area contributed by atoms with Crippen LogP contribution in [0, 0.1) is 10.1 Å². The summed E-state index contributed by atoms with van der Waals surface area (Å²) < 4.78 is 0.568. The van der Waals surface area contributed by atoms with Gasteiger partial charge in [-0.15, -0.1) is 0 Å². The maximum absolute atomic E-state index is 11.0. The van der Waals surface area contributed by atoms with E-state index in [2.05, 4.69) is 9.88 Å². The number of nitro benzene ring substituents is 1. The number of thiazole rings is 1. The molecule has 0 saturated carbocycles. The van der Waals surface area contributed by atoms with Crippen molar-refractivity contribution in [2.45, 2.75) is 19.3 Å². The number of nitro groups is 1. The van der Waals surface area contributed by atoms with Crippen LogP contribution in [0.2, 0.25) is 5.02 Å². The van der Waals surface area contributed by atoms with Gasteiger partial charge >= 0.3 is 0 Å². The van der Waals surface area contributed by atoms with E-state index in [4.69, 9.17) is 11.6 Å². The molecule has 0 aliphatic carbocycles. The molecule has 2 aromatic rings. The van der Waals surface area contributed by atoms with Gasteiger partial charge in [-0.05, 0) is 25.3 Å². The van der Waals surface area contributed by atoms with Crippen LogP contribution in [0.1, 0.15) is 19.3 Å². The van der Waals surface area contributed by atoms with Crippen molar-refractivity contribution in [2.75, 3.05) is 18.0 Å². The zero-order chi connectivity index (χ0) is 13.4. The molecule has 0 radical (unpaired) electrons. The number of halogens is 1. The summed E-state index contributed by atoms with van der Waals surface area (Å²) in [7, 11) is 0. The third kappa shape index (κ3) is 2.26. The van der Waals surface area contributed by atoms with E-state index in [-0.39, 0.29) is 10.6 Å². The minimum absolute atomic E-state index is 0.0835. The molecule has 0 amide bonds. The van der Waals surface area contributed by atoms with Gasteiger partial charge in [0, 0.05) is 19.2 Å². The third-order valence-corrected chi connectivity index (χ3v) is 4.73. The highest BCUT2D eigenvalue weighted by Crippen LogP contribution is 2.39. The maximum Gasteiger partial charge on any atom is 0.288 e. The van der Waals surface area contributed by atoms with Gasteiger partial charge in [0.15, 0.2) is 5.13 Å². The van der Waals surface area contributed by atoms with Crippen molar-refractivity contribution >= 4 is 44.0 Å². The minimum Gasteiger partial charge on any atom is -0.348 e. The molecule has 100 valence electrons. The Morgan fingerprint density at radius 2 is 2.05 bits per heavy atom. The average molecular weight is 298 g/mol. The molecule has 0 bridgehead atoms. The first-order valence-electron chi connectivity index (χ1n) is 6.15. The molecule has 1 aromatic carbocycles. The Morgan fingerprint density at radius 1 is 1.32 bits per heavy atom. The molecule has 0 N–H and O–H groups in total. The lowest BCUT2D eigenvalue weighted by molar-refractivity contribution is -0.382. The van der Waals surface area contributed by atoms with Crippen molar-refractivity contribution in [3.05, 3.63) is 27.3 Å². The number of fused-ring (bicyclic) bond motifs is 1. The highest BCUT2D eigenvalue weighted by Gasteiger charge is 2.21. The Hall–Kier alpha value is -1.40. The summed E-state index contributed by atoms with van der Waals surface area (Å²) in [5.74, 6) is 0. The maximum atomic E-state index is 11.0. The van der Waals surface area contributed by atoms with Gasteiger partial charge in [0.05, 0.1) is 9.95 Å². The fourth-order valence-electron chi connectivity index (χ4n) is 2.32. The normalized spacial score (nSPS) is 15.9. The van der Waals surface area contributed by atoms with Crippen LogP contribution in [0.15, 0.2) is 12.1 Å². The average Bonchev–Trinajstić information content (AvgIpc) is 2.85. The second-order valence-corrected chi connectivity index (χ2v) is 5.93. The monoisotopic (exact) mass is 297 g/mol. The van der Waals surface area contributed by atoms with Crippen LogP contribution in [-0.2, 0) is 0 Å². The molecular formula is C12H12ClN3O2S. The largest absolute Gasteiger partial charge is 0.348 e. The molecule has 0 unspecified atom stereocenters. The number of rotatable bonds is 2. The Balaban J connectivity index is 2.10. The van der Waals surface area contributed by atoms with Crippen LogP contribution >= 0.6 is 22.9 Å². The van der Waals surface area contributed by atoms with E-state index >= 15 is 0 Å². The van der Waals surface area contributed by atoms with E-state index in [0.29, 0.717) is 15.2 Å². The lowest BCUT2D eigenvalue weighted by Crippen LogP contribution is -2.29. The topological polar surface area (TPSA) is 59.3 Å². The summed E-state index contributed by atoms with van der Waals surface area (Å²) in [5, 5.41) is 12.4. The summed E-state index contributed by atoms with van der Waals surface area (Å²) in [4.78, 5) is 17.3. The molecule has 1 aliphatic heterocycles. The Bertz CT molecular complexity index is 637. The highest BCUT2D eigenvalue weighted by molar-refractivity contribution is 7.22. The van der Waals surface area contributed by atoms with E-state index < -0.39 is 0 Å². The molecule has 1 fully saturated rings. The lowest BCUT2D eigenvalue weighted by Gasteiger charge is -2.25. The number of non-ortho nitro benzene ring substituents is 1. The van der Waals surface area contributed by atoms with E-state index in [1.54, 1.807) is 6.07 Å². The Morgan fingerprint density at radius 3 is 2.74 bits per heavy atom. The summed E-state index contributed by atoms with van der Waals surface area (Å²) in [5.41, 5.74) is 0.626. The van der Waals surface area contributed by atoms with Crippen molar-refractivity contribution in [2.24, 2.45) is 0 Å². The van der Waals surface area contributed by atoms with Crippen LogP contribution in [-0.4, -0.2) is 23.0 Å². The first-order chi connectivity index (χ1) is 9.16. The molecule has 0 atom stereocenters. The highest BCUT2D eigenvalue weighted by atomic mass is 35.5. The number of benzene rings is 1. The molecular weight excluding hydrogens is 286 g/mol. The van der Waals surface area contributed by atoms with Crippen LogP contribution in [0.3, 0.4) is 0 Å². The summed E-state index contributed by atoms with van der Waals surface area (Å²) in [6, 6.07) is 2.99. The second kappa shape index (κ2) is 4.94. The standard InChI is InChI=1S/C12H12ClN3O2S/c13-8-4-5-9(16(17)18)11-10(8)14-12(19-11)15-6-2-1-3-7-15/h4-5H,1-3,6-7H2. The SMILES string of the molecule is O=[N+]([O-])c1ccc(Cl)c2nc(N3CCCCC3)sc12. The number of aromatic nitrogens is 1. The van der Waals surface area contributed by atoms with Crippen molar-refractivity contribution in [1.29, 1.82) is 0 Å². The van der Waals surface area contributed by atoms with Gasteiger partial charge in [-0.1, -0.05) is 22.9 Å². The van der Waals surface area contributed by atoms with E-state index in [1.807, 2.05) is 0 Å². The first-order valence-corrected chi connectivity index (χ1v) is 7.34. The minimum atomic E-state index is -0.378. The molecule has 2 heterocycles. The van der Waals surface area contributed by atoms with Gasteiger partial charge in [-0.3, -0.25) is 10.1 Å². The molecule has 7 heteroatoms. The molecule has 5 nitrogen and oxygen atoms in total. The number of nitrogens with zero attached hydrogens (tertiary/aromatic N) is 3. The zero-order valence-corrected chi connectivity index (χ0v) is 11.7. The number of piperidine rings is 1. The molecule has 1 aromatic heterocycles. The van der Waals surface area contributed by atoms with E-state index in [1.165, 1.54) is 23.8 Å². The van der Waals surface area contributed by atoms with E-state index in [0.717, 1.165) is 31.1 Å². The number of hydrogen-bond donors (Lipinski definition) is 0. The molecule has 1 aliphatic rings. The third-order valence-electron chi connectivity index (χ3n) is 3.29. The van der Waals surface area contributed by atoms with Gasteiger partial charge in [0.2, 0.25) is 0 Å².